The van der Waals surface area contributed by atoms with E-state index in [0.717, 1.165) is 16.1 Å². The van der Waals surface area contributed by atoms with E-state index >= 15 is 0 Å². The molecule has 2 N–H and O–H groups in total. The molecule has 8 nitrogen and oxygen atoms in total. The Morgan fingerprint density at radius 1 is 0.867 bits per heavy atom. The van der Waals surface area contributed by atoms with E-state index in [4.69, 9.17) is 0 Å². The second kappa shape index (κ2) is 9.10. The zero-order valence-electron chi connectivity index (χ0n) is 15.9. The first-order valence-electron chi connectivity index (χ1n) is 9.21. The zero-order chi connectivity index (χ0) is 20.8. The van der Waals surface area contributed by atoms with Crippen molar-refractivity contribution in [1.82, 2.24) is 20.2 Å². The van der Waals surface area contributed by atoms with Gasteiger partial charge >= 0.3 is 0 Å². The molecular weight excluding hydrogens is 400 g/mol. The highest BCUT2D eigenvalue weighted by atomic mass is 32.1. The number of tetrazole rings is 1. The van der Waals surface area contributed by atoms with Gasteiger partial charge in [-0.2, -0.15) is 0 Å². The number of amides is 2. The van der Waals surface area contributed by atoms with E-state index in [1.807, 2.05) is 53.9 Å². The van der Waals surface area contributed by atoms with E-state index in [9.17, 15) is 9.59 Å². The molecule has 0 saturated carbocycles. The molecule has 2 aromatic carbocycles. The predicted octanol–water partition coefficient (Wildman–Crippen LogP) is 3.09. The number of hydrogen-bond donors (Lipinski definition) is 2. The van der Waals surface area contributed by atoms with Gasteiger partial charge in [-0.25, -0.2) is 4.68 Å². The van der Waals surface area contributed by atoms with Crippen molar-refractivity contribution in [3.05, 3.63) is 82.8 Å². The third-order valence-corrected chi connectivity index (χ3v) is 5.18. The van der Waals surface area contributed by atoms with E-state index < -0.39 is 0 Å². The third kappa shape index (κ3) is 4.95. The fraction of sp³-hybridized carbons (Fsp3) is 0.0952. The Hall–Kier alpha value is -3.85. The van der Waals surface area contributed by atoms with Crippen LogP contribution in [0, 0.1) is 0 Å². The summed E-state index contributed by atoms with van der Waals surface area (Å²) in [4.78, 5) is 25.8. The van der Waals surface area contributed by atoms with Gasteiger partial charge in [0.2, 0.25) is 11.8 Å². The van der Waals surface area contributed by atoms with E-state index in [1.54, 1.807) is 16.8 Å². The highest BCUT2D eigenvalue weighted by Gasteiger charge is 2.11. The molecule has 0 unspecified atom stereocenters. The number of carbonyl (C=O) groups excluding carboxylic acids is 2. The minimum atomic E-state index is -0.176. The molecule has 0 bridgehead atoms. The lowest BCUT2D eigenvalue weighted by Gasteiger charge is -2.12. The molecular formula is C21H18N6O2S. The van der Waals surface area contributed by atoms with Crippen LogP contribution < -0.4 is 10.6 Å². The average Bonchev–Trinajstić information content (AvgIpc) is 3.44. The summed E-state index contributed by atoms with van der Waals surface area (Å²) in [5, 5.41) is 18.7. The summed E-state index contributed by atoms with van der Waals surface area (Å²) in [6.45, 7) is 0. The Morgan fingerprint density at radius 2 is 1.57 bits per heavy atom. The van der Waals surface area contributed by atoms with Gasteiger partial charge in [0, 0.05) is 4.88 Å². The van der Waals surface area contributed by atoms with Crippen molar-refractivity contribution in [1.29, 1.82) is 0 Å². The molecule has 0 atom stereocenters. The number of aromatic nitrogens is 4. The van der Waals surface area contributed by atoms with Crippen molar-refractivity contribution in [3.8, 4) is 5.69 Å². The number of para-hydroxylation sites is 2. The zero-order valence-corrected chi connectivity index (χ0v) is 16.7. The number of benzene rings is 2. The normalized spacial score (nSPS) is 10.5. The number of nitrogens with one attached hydrogen (secondary N) is 2. The lowest BCUT2D eigenvalue weighted by Crippen LogP contribution is -2.18. The summed E-state index contributed by atoms with van der Waals surface area (Å²) >= 11 is 1.54. The lowest BCUT2D eigenvalue weighted by atomic mass is 10.1. The molecule has 0 aliphatic heterocycles. The van der Waals surface area contributed by atoms with Crippen LogP contribution in [0.2, 0.25) is 0 Å². The van der Waals surface area contributed by atoms with E-state index in [1.165, 1.54) is 17.7 Å². The topological polar surface area (TPSA) is 102 Å². The fourth-order valence-corrected chi connectivity index (χ4v) is 3.60. The van der Waals surface area contributed by atoms with Crippen LogP contribution in [-0.2, 0) is 22.4 Å². The molecule has 0 spiro atoms. The number of thiophene rings is 1. The van der Waals surface area contributed by atoms with Gasteiger partial charge in [-0.05, 0) is 51.7 Å². The molecule has 2 heterocycles. The van der Waals surface area contributed by atoms with Gasteiger partial charge in [-0.3, -0.25) is 9.59 Å². The van der Waals surface area contributed by atoms with Crippen molar-refractivity contribution in [2.75, 3.05) is 10.6 Å². The highest BCUT2D eigenvalue weighted by molar-refractivity contribution is 7.10. The molecule has 0 radical (unpaired) electrons. The SMILES string of the molecule is O=C(Cc1ccc(-n2cnnn2)cc1)Nc1ccccc1NC(=O)Cc1cccs1. The average molecular weight is 418 g/mol. The first-order chi connectivity index (χ1) is 14.7. The summed E-state index contributed by atoms with van der Waals surface area (Å²) < 4.78 is 1.54. The maximum atomic E-state index is 12.5. The fourth-order valence-electron chi connectivity index (χ4n) is 2.89. The van der Waals surface area contributed by atoms with Gasteiger partial charge in [-0.1, -0.05) is 30.3 Å². The second-order valence-electron chi connectivity index (χ2n) is 6.50. The quantitative estimate of drug-likeness (QED) is 0.480. The van der Waals surface area contributed by atoms with Crippen LogP contribution in [0.15, 0.2) is 72.4 Å². The number of anilines is 2. The van der Waals surface area contributed by atoms with Crippen molar-refractivity contribution < 1.29 is 9.59 Å². The van der Waals surface area contributed by atoms with Gasteiger partial charge in [0.15, 0.2) is 0 Å². The third-order valence-electron chi connectivity index (χ3n) is 4.30. The van der Waals surface area contributed by atoms with Crippen LogP contribution in [-0.4, -0.2) is 32.0 Å². The van der Waals surface area contributed by atoms with Crippen LogP contribution in [0.5, 0.6) is 0 Å². The number of nitrogens with zero attached hydrogens (tertiary/aromatic N) is 4. The first kappa shape index (κ1) is 19.5. The molecule has 2 aromatic heterocycles. The molecule has 30 heavy (non-hydrogen) atoms. The number of carbonyl (C=O) groups is 2. The van der Waals surface area contributed by atoms with Crippen molar-refractivity contribution >= 4 is 34.5 Å². The minimum Gasteiger partial charge on any atom is -0.324 e. The van der Waals surface area contributed by atoms with E-state index in [2.05, 4.69) is 26.2 Å². The highest BCUT2D eigenvalue weighted by Crippen LogP contribution is 2.22. The largest absolute Gasteiger partial charge is 0.324 e. The van der Waals surface area contributed by atoms with Crippen molar-refractivity contribution in [3.63, 3.8) is 0 Å². The van der Waals surface area contributed by atoms with Crippen LogP contribution in [0.1, 0.15) is 10.4 Å². The van der Waals surface area contributed by atoms with Gasteiger partial charge in [0.05, 0.1) is 29.9 Å². The van der Waals surface area contributed by atoms with Gasteiger partial charge in [0.25, 0.3) is 0 Å². The van der Waals surface area contributed by atoms with Crippen LogP contribution in [0.25, 0.3) is 5.69 Å². The van der Waals surface area contributed by atoms with Crippen molar-refractivity contribution in [2.24, 2.45) is 0 Å². The molecule has 0 aliphatic rings. The number of hydrogen-bond acceptors (Lipinski definition) is 6. The van der Waals surface area contributed by atoms with E-state index in [-0.39, 0.29) is 18.2 Å². The minimum absolute atomic E-state index is 0.127. The Labute approximate surface area is 176 Å². The summed E-state index contributed by atoms with van der Waals surface area (Å²) in [6, 6.07) is 18.4. The second-order valence-corrected chi connectivity index (χ2v) is 7.53. The number of rotatable bonds is 7. The Balaban J connectivity index is 1.38. The Kier molecular flexibility index (Phi) is 5.90. The van der Waals surface area contributed by atoms with Gasteiger partial charge < -0.3 is 10.6 Å². The van der Waals surface area contributed by atoms with Gasteiger partial charge in [0.1, 0.15) is 6.33 Å². The summed E-state index contributed by atoms with van der Waals surface area (Å²) in [7, 11) is 0. The maximum absolute atomic E-state index is 12.5. The monoisotopic (exact) mass is 418 g/mol. The summed E-state index contributed by atoms with van der Waals surface area (Å²) in [5.74, 6) is -0.303. The molecule has 4 rings (SSSR count). The first-order valence-corrected chi connectivity index (χ1v) is 10.1. The van der Waals surface area contributed by atoms with Gasteiger partial charge in [-0.15, -0.1) is 16.4 Å². The Bertz CT molecular complexity index is 1120. The molecule has 0 aliphatic carbocycles. The van der Waals surface area contributed by atoms with E-state index in [0.29, 0.717) is 17.8 Å². The molecule has 0 fully saturated rings. The Morgan fingerprint density at radius 3 is 2.17 bits per heavy atom. The molecule has 2 amide bonds. The summed E-state index contributed by atoms with van der Waals surface area (Å²) in [6.07, 6.45) is 2.01. The maximum Gasteiger partial charge on any atom is 0.229 e. The summed E-state index contributed by atoms with van der Waals surface area (Å²) in [5.41, 5.74) is 2.79. The van der Waals surface area contributed by atoms with Crippen LogP contribution in [0.4, 0.5) is 11.4 Å². The molecule has 9 heteroatoms. The predicted molar refractivity (Wildman–Crippen MR) is 115 cm³/mol. The molecule has 0 saturated heterocycles. The van der Waals surface area contributed by atoms with Crippen LogP contribution in [0.3, 0.4) is 0 Å². The lowest BCUT2D eigenvalue weighted by molar-refractivity contribution is -0.116. The standard InChI is InChI=1S/C21H18N6O2S/c28-20(12-15-7-9-16(10-8-15)27-14-22-25-26-27)23-18-5-1-2-6-19(18)24-21(29)13-17-4-3-11-30-17/h1-11,14H,12-13H2,(H,23,28)(H,24,29). The molecule has 4 aromatic rings. The smallest absolute Gasteiger partial charge is 0.229 e. The van der Waals surface area contributed by atoms with Crippen molar-refractivity contribution in [2.45, 2.75) is 12.8 Å². The van der Waals surface area contributed by atoms with Crippen LogP contribution >= 0.6 is 11.3 Å². The molecule has 150 valence electrons.